The molecule has 0 unspecified atom stereocenters. The Hall–Kier alpha value is -2.63. The fourth-order valence-corrected chi connectivity index (χ4v) is 5.39. The third-order valence-corrected chi connectivity index (χ3v) is 7.64. The molecule has 0 radical (unpaired) electrons. The van der Waals surface area contributed by atoms with Crippen LogP contribution < -0.4 is 10.5 Å². The number of nitrogens with zero attached hydrogens (tertiary/aromatic N) is 3. The number of nitrogens with one attached hydrogen (secondary N) is 1. The van der Waals surface area contributed by atoms with Crippen LogP contribution in [0.3, 0.4) is 0 Å². The van der Waals surface area contributed by atoms with Gasteiger partial charge in [0, 0.05) is 6.04 Å². The average Bonchev–Trinajstić information content (AvgIpc) is 3.47. The van der Waals surface area contributed by atoms with E-state index < -0.39 is 10.0 Å². The third-order valence-electron chi connectivity index (χ3n) is 5.76. The lowest BCUT2D eigenvalue weighted by atomic mass is 9.95. The second-order valence-electron chi connectivity index (χ2n) is 8.14. The molecule has 1 aliphatic rings. The van der Waals surface area contributed by atoms with Crippen molar-refractivity contribution in [2.45, 2.75) is 61.2 Å². The van der Waals surface area contributed by atoms with E-state index >= 15 is 0 Å². The van der Waals surface area contributed by atoms with Crippen molar-refractivity contribution in [2.24, 2.45) is 5.14 Å². The Bertz CT molecular complexity index is 1180. The number of amides is 1. The maximum atomic E-state index is 12.6. The maximum Gasteiger partial charge on any atom is 0.238 e. The van der Waals surface area contributed by atoms with Crippen LogP contribution in [0.1, 0.15) is 56.7 Å². The molecule has 1 fully saturated rings. The van der Waals surface area contributed by atoms with Gasteiger partial charge >= 0.3 is 0 Å². The van der Waals surface area contributed by atoms with Crippen molar-refractivity contribution < 1.29 is 17.6 Å². The van der Waals surface area contributed by atoms with Crippen LogP contribution in [0.4, 0.5) is 0 Å². The van der Waals surface area contributed by atoms with E-state index in [9.17, 15) is 13.2 Å². The summed E-state index contributed by atoms with van der Waals surface area (Å²) in [7, 11) is -3.75. The molecule has 0 bridgehead atoms. The molecular weight excluding hydrogens is 462 g/mol. The number of primary sulfonamides is 1. The van der Waals surface area contributed by atoms with E-state index in [1.807, 2.05) is 19.1 Å². The zero-order valence-corrected chi connectivity index (χ0v) is 19.9. The van der Waals surface area contributed by atoms with Gasteiger partial charge in [-0.1, -0.05) is 43.2 Å². The summed E-state index contributed by atoms with van der Waals surface area (Å²) >= 11 is 1.35. The van der Waals surface area contributed by atoms with Crippen LogP contribution in [-0.2, 0) is 14.8 Å². The zero-order chi connectivity index (χ0) is 23.4. The molecule has 3 N–H and O–H groups in total. The number of benzene rings is 1. The molecule has 2 aromatic heterocycles. The fourth-order valence-electron chi connectivity index (χ4n) is 4.06. The van der Waals surface area contributed by atoms with E-state index in [1.54, 1.807) is 18.4 Å². The van der Waals surface area contributed by atoms with E-state index in [-0.39, 0.29) is 28.6 Å². The minimum absolute atomic E-state index is 0.0368. The fraction of sp³-hybridized carbons (Fsp3) is 0.409. The summed E-state index contributed by atoms with van der Waals surface area (Å²) in [6.07, 6.45) is 7.27. The molecule has 11 heteroatoms. The Balaban J connectivity index is 1.42. The minimum Gasteiger partial charge on any atom is -0.461 e. The predicted molar refractivity (Wildman–Crippen MR) is 125 cm³/mol. The van der Waals surface area contributed by atoms with E-state index in [1.165, 1.54) is 30.3 Å². The highest BCUT2D eigenvalue weighted by Crippen LogP contribution is 2.35. The van der Waals surface area contributed by atoms with Crippen molar-refractivity contribution in [2.75, 3.05) is 5.75 Å². The number of aromatic nitrogens is 3. The van der Waals surface area contributed by atoms with Crippen molar-refractivity contribution in [3.05, 3.63) is 48.2 Å². The van der Waals surface area contributed by atoms with E-state index in [2.05, 4.69) is 20.1 Å². The molecule has 2 heterocycles. The summed E-state index contributed by atoms with van der Waals surface area (Å²) in [5.41, 5.74) is 0.784. The second kappa shape index (κ2) is 10.1. The molecule has 1 amide bonds. The molecule has 1 aromatic carbocycles. The van der Waals surface area contributed by atoms with Crippen LogP contribution in [-0.4, -0.2) is 34.8 Å². The van der Waals surface area contributed by atoms with Gasteiger partial charge in [-0.05, 0) is 49.6 Å². The van der Waals surface area contributed by atoms with Crippen molar-refractivity contribution >= 4 is 27.7 Å². The van der Waals surface area contributed by atoms with Crippen LogP contribution in [0.25, 0.3) is 11.6 Å². The minimum atomic E-state index is -3.75. The van der Waals surface area contributed by atoms with Gasteiger partial charge < -0.3 is 9.73 Å². The molecule has 4 rings (SSSR count). The molecule has 1 saturated carbocycles. The SMILES string of the molecule is C[C@@H](NC(=O)CSc1nnc(-c2ccco2)n1C1CCCCC1)c1ccc(S(N)(=O)=O)cc1. The van der Waals surface area contributed by atoms with Gasteiger partial charge in [0.2, 0.25) is 21.8 Å². The number of thioether (sulfide) groups is 1. The Morgan fingerprint density at radius 3 is 2.58 bits per heavy atom. The van der Waals surface area contributed by atoms with Crippen LogP contribution in [0.2, 0.25) is 0 Å². The van der Waals surface area contributed by atoms with Crippen molar-refractivity contribution in [1.82, 2.24) is 20.1 Å². The van der Waals surface area contributed by atoms with Crippen LogP contribution in [0.5, 0.6) is 0 Å². The summed E-state index contributed by atoms with van der Waals surface area (Å²) in [5.74, 6) is 1.39. The molecule has 0 spiro atoms. The molecule has 9 nitrogen and oxygen atoms in total. The van der Waals surface area contributed by atoms with Gasteiger partial charge in [-0.25, -0.2) is 13.6 Å². The highest BCUT2D eigenvalue weighted by molar-refractivity contribution is 7.99. The quantitative estimate of drug-likeness (QED) is 0.461. The standard InChI is InChI=1S/C22H27N5O4S2/c1-15(16-9-11-18(12-10-16)33(23,29)30)24-20(28)14-32-22-26-25-21(19-8-5-13-31-19)27(22)17-6-3-2-4-7-17/h5,8-13,15,17H,2-4,6-7,14H2,1H3,(H,24,28)(H2,23,29,30)/t15-/m1/s1. The normalized spacial score (nSPS) is 15.9. The van der Waals surface area contributed by atoms with E-state index in [0.717, 1.165) is 31.2 Å². The molecular formula is C22H27N5O4S2. The summed E-state index contributed by atoms with van der Waals surface area (Å²) < 4.78 is 30.5. The number of hydrogen-bond acceptors (Lipinski definition) is 7. The number of rotatable bonds is 8. The van der Waals surface area contributed by atoms with Gasteiger partial charge in [-0.3, -0.25) is 9.36 Å². The Kier molecular flexibility index (Phi) is 7.20. The number of sulfonamides is 1. The van der Waals surface area contributed by atoms with Gasteiger partial charge in [-0.15, -0.1) is 10.2 Å². The second-order valence-corrected chi connectivity index (χ2v) is 10.6. The summed E-state index contributed by atoms with van der Waals surface area (Å²) in [6, 6.07) is 9.86. The lowest BCUT2D eigenvalue weighted by molar-refractivity contribution is -0.119. The Morgan fingerprint density at radius 1 is 1.21 bits per heavy atom. The third kappa shape index (κ3) is 5.66. The topological polar surface area (TPSA) is 133 Å². The number of hydrogen-bond donors (Lipinski definition) is 2. The zero-order valence-electron chi connectivity index (χ0n) is 18.3. The first-order valence-electron chi connectivity index (χ1n) is 10.9. The molecule has 0 aliphatic heterocycles. The van der Waals surface area contributed by atoms with Gasteiger partial charge in [0.1, 0.15) is 0 Å². The van der Waals surface area contributed by atoms with Gasteiger partial charge in [0.05, 0.1) is 23.0 Å². The summed E-state index contributed by atoms with van der Waals surface area (Å²) in [5, 5.41) is 17.5. The smallest absolute Gasteiger partial charge is 0.238 e. The highest BCUT2D eigenvalue weighted by atomic mass is 32.2. The molecule has 1 atom stereocenters. The molecule has 3 aromatic rings. The van der Waals surface area contributed by atoms with Crippen molar-refractivity contribution in [3.63, 3.8) is 0 Å². The lowest BCUT2D eigenvalue weighted by Crippen LogP contribution is -2.28. The van der Waals surface area contributed by atoms with Gasteiger partial charge in [-0.2, -0.15) is 0 Å². The monoisotopic (exact) mass is 489 g/mol. The van der Waals surface area contributed by atoms with Crippen LogP contribution >= 0.6 is 11.8 Å². The summed E-state index contributed by atoms with van der Waals surface area (Å²) in [4.78, 5) is 12.7. The first-order chi connectivity index (χ1) is 15.8. The summed E-state index contributed by atoms with van der Waals surface area (Å²) in [6.45, 7) is 1.84. The molecule has 176 valence electrons. The predicted octanol–water partition coefficient (Wildman–Crippen LogP) is 3.66. The Labute approximate surface area is 197 Å². The highest BCUT2D eigenvalue weighted by Gasteiger charge is 2.25. The van der Waals surface area contributed by atoms with E-state index in [4.69, 9.17) is 9.56 Å². The molecule has 33 heavy (non-hydrogen) atoms. The lowest BCUT2D eigenvalue weighted by Gasteiger charge is -2.25. The Morgan fingerprint density at radius 2 is 1.94 bits per heavy atom. The molecule has 1 aliphatic carbocycles. The van der Waals surface area contributed by atoms with Crippen LogP contribution in [0, 0.1) is 0 Å². The number of carbonyl (C=O) groups is 1. The first kappa shape index (κ1) is 23.5. The van der Waals surface area contributed by atoms with Crippen molar-refractivity contribution in [1.29, 1.82) is 0 Å². The largest absolute Gasteiger partial charge is 0.461 e. The van der Waals surface area contributed by atoms with Crippen molar-refractivity contribution in [3.8, 4) is 11.6 Å². The number of carbonyl (C=O) groups excluding carboxylic acids is 1. The van der Waals surface area contributed by atoms with E-state index in [0.29, 0.717) is 16.7 Å². The van der Waals surface area contributed by atoms with Gasteiger partial charge in [0.25, 0.3) is 0 Å². The van der Waals surface area contributed by atoms with Crippen LogP contribution in [0.15, 0.2) is 57.1 Å². The molecule has 0 saturated heterocycles. The number of furan rings is 1. The number of nitrogens with two attached hydrogens (primary N) is 1. The maximum absolute atomic E-state index is 12.6. The first-order valence-corrected chi connectivity index (χ1v) is 13.4. The van der Waals surface area contributed by atoms with Gasteiger partial charge in [0.15, 0.2) is 10.9 Å². The average molecular weight is 490 g/mol.